The number of benzene rings is 1. The number of hydrogen-bond acceptors (Lipinski definition) is 3. The van der Waals surface area contributed by atoms with E-state index in [1.54, 1.807) is 14.2 Å². The molecule has 1 aromatic rings. The molecule has 1 aromatic carbocycles. The van der Waals surface area contributed by atoms with Crippen LogP contribution in [0.2, 0.25) is 0 Å². The van der Waals surface area contributed by atoms with Gasteiger partial charge in [0.25, 0.3) is 0 Å². The highest BCUT2D eigenvalue weighted by Gasteiger charge is 2.37. The van der Waals surface area contributed by atoms with E-state index in [2.05, 4.69) is 22.9 Å². The van der Waals surface area contributed by atoms with E-state index in [1.165, 1.54) is 25.7 Å². The molecule has 3 nitrogen and oxygen atoms in total. The summed E-state index contributed by atoms with van der Waals surface area (Å²) < 4.78 is 11.7. The number of nitrogens with two attached hydrogens (primary N) is 1. The van der Waals surface area contributed by atoms with Gasteiger partial charge in [0.15, 0.2) is 0 Å². The first-order valence-corrected chi connectivity index (χ1v) is 7.49. The van der Waals surface area contributed by atoms with Gasteiger partial charge in [-0.2, -0.15) is 0 Å². The van der Waals surface area contributed by atoms with E-state index >= 15 is 0 Å². The Morgan fingerprint density at radius 1 is 1.21 bits per heavy atom. The van der Waals surface area contributed by atoms with Crippen molar-refractivity contribution in [2.24, 2.45) is 11.1 Å². The second-order valence-corrected chi connectivity index (χ2v) is 6.34. The summed E-state index contributed by atoms with van der Waals surface area (Å²) in [6.07, 6.45) is 4.90. The van der Waals surface area contributed by atoms with Crippen LogP contribution in [0.25, 0.3) is 0 Å². The van der Waals surface area contributed by atoms with Gasteiger partial charge in [-0.1, -0.05) is 19.8 Å². The van der Waals surface area contributed by atoms with Gasteiger partial charge in [0.1, 0.15) is 16.0 Å². The van der Waals surface area contributed by atoms with Gasteiger partial charge < -0.3 is 15.2 Å². The number of halogens is 1. The zero-order chi connectivity index (χ0) is 14.0. The molecule has 0 bridgehead atoms. The van der Waals surface area contributed by atoms with Gasteiger partial charge in [0.05, 0.1) is 14.2 Å². The average molecular weight is 328 g/mol. The Hall–Kier alpha value is -0.740. The van der Waals surface area contributed by atoms with Crippen LogP contribution >= 0.6 is 15.9 Å². The minimum Gasteiger partial charge on any atom is -0.495 e. The summed E-state index contributed by atoms with van der Waals surface area (Å²) in [5, 5.41) is 0. The van der Waals surface area contributed by atoms with Crippen LogP contribution in [-0.4, -0.2) is 14.2 Å². The van der Waals surface area contributed by atoms with Crippen molar-refractivity contribution in [3.8, 4) is 11.5 Å². The van der Waals surface area contributed by atoms with Crippen molar-refractivity contribution in [2.75, 3.05) is 14.2 Å². The predicted molar refractivity (Wildman–Crippen MR) is 80.7 cm³/mol. The number of rotatable bonds is 4. The molecular weight excluding hydrogens is 306 g/mol. The van der Waals surface area contributed by atoms with Crippen LogP contribution in [-0.2, 0) is 0 Å². The molecule has 1 atom stereocenters. The molecule has 106 valence electrons. The minimum absolute atomic E-state index is 0.00726. The number of methoxy groups -OCH3 is 2. The zero-order valence-electron chi connectivity index (χ0n) is 11.8. The lowest BCUT2D eigenvalue weighted by molar-refractivity contribution is 0.258. The lowest BCUT2D eigenvalue weighted by Gasteiger charge is -2.32. The van der Waals surface area contributed by atoms with Gasteiger partial charge in [-0.25, -0.2) is 0 Å². The fourth-order valence-corrected chi connectivity index (χ4v) is 3.72. The first-order valence-electron chi connectivity index (χ1n) is 6.69. The molecule has 1 aliphatic carbocycles. The molecular formula is C15H22BrNO2. The van der Waals surface area contributed by atoms with Crippen LogP contribution in [0, 0.1) is 5.41 Å². The Labute approximate surface area is 123 Å². The molecule has 1 unspecified atom stereocenters. The second kappa shape index (κ2) is 5.71. The summed E-state index contributed by atoms with van der Waals surface area (Å²) in [6, 6.07) is 3.96. The number of hydrogen-bond donors (Lipinski definition) is 1. The summed E-state index contributed by atoms with van der Waals surface area (Å²) in [6.45, 7) is 2.28. The van der Waals surface area contributed by atoms with Crippen LogP contribution in [0.4, 0.5) is 0 Å². The molecule has 0 spiro atoms. The van der Waals surface area contributed by atoms with E-state index in [9.17, 15) is 0 Å². The highest BCUT2D eigenvalue weighted by atomic mass is 79.9. The molecule has 0 radical (unpaired) electrons. The van der Waals surface area contributed by atoms with E-state index < -0.39 is 0 Å². The summed E-state index contributed by atoms with van der Waals surface area (Å²) in [7, 11) is 3.32. The molecule has 2 N–H and O–H groups in total. The van der Waals surface area contributed by atoms with Gasteiger partial charge in [-0.15, -0.1) is 0 Å². The average Bonchev–Trinajstić information content (AvgIpc) is 2.85. The van der Waals surface area contributed by atoms with Crippen molar-refractivity contribution in [1.29, 1.82) is 0 Å². The van der Waals surface area contributed by atoms with Crippen molar-refractivity contribution in [3.05, 3.63) is 22.2 Å². The highest BCUT2D eigenvalue weighted by molar-refractivity contribution is 9.10. The van der Waals surface area contributed by atoms with Crippen LogP contribution < -0.4 is 15.2 Å². The number of ether oxygens (including phenoxy) is 2. The van der Waals surface area contributed by atoms with Crippen molar-refractivity contribution < 1.29 is 9.47 Å². The van der Waals surface area contributed by atoms with E-state index in [0.717, 1.165) is 21.5 Å². The molecule has 0 saturated heterocycles. The fraction of sp³-hybridized carbons (Fsp3) is 0.600. The molecule has 0 aromatic heterocycles. The van der Waals surface area contributed by atoms with E-state index in [1.807, 2.05) is 12.1 Å². The van der Waals surface area contributed by atoms with Crippen LogP contribution in [0.5, 0.6) is 11.5 Å². The van der Waals surface area contributed by atoms with Crippen LogP contribution in [0.15, 0.2) is 16.6 Å². The van der Waals surface area contributed by atoms with E-state index in [0.29, 0.717) is 0 Å². The molecule has 19 heavy (non-hydrogen) atoms. The normalized spacial score (nSPS) is 19.2. The molecule has 2 rings (SSSR count). The van der Waals surface area contributed by atoms with Gasteiger partial charge in [-0.05, 0) is 46.3 Å². The van der Waals surface area contributed by atoms with Crippen molar-refractivity contribution in [3.63, 3.8) is 0 Å². The lowest BCUT2D eigenvalue weighted by atomic mass is 9.77. The molecule has 0 amide bonds. The summed E-state index contributed by atoms with van der Waals surface area (Å²) in [4.78, 5) is 0. The topological polar surface area (TPSA) is 44.5 Å². The van der Waals surface area contributed by atoms with Crippen molar-refractivity contribution >= 4 is 15.9 Å². The zero-order valence-corrected chi connectivity index (χ0v) is 13.4. The van der Waals surface area contributed by atoms with Gasteiger partial charge in [-0.3, -0.25) is 0 Å². The SMILES string of the molecule is COc1ccc(C(N)C2(C)CCCC2)c(OC)c1Br. The third-order valence-corrected chi connectivity index (χ3v) is 5.10. The standard InChI is InChI=1S/C15H22BrNO2/c1-15(8-4-5-9-15)14(17)10-6-7-11(18-2)12(16)13(10)19-3/h6-7,14H,4-5,8-9,17H2,1-3H3. The first kappa shape index (κ1) is 14.7. The molecule has 0 heterocycles. The molecule has 1 fully saturated rings. The molecule has 1 aliphatic rings. The highest BCUT2D eigenvalue weighted by Crippen LogP contribution is 2.49. The van der Waals surface area contributed by atoms with Crippen LogP contribution in [0.3, 0.4) is 0 Å². The fourth-order valence-electron chi connectivity index (χ4n) is 3.03. The Morgan fingerprint density at radius 3 is 2.37 bits per heavy atom. The summed E-state index contributed by atoms with van der Waals surface area (Å²) in [5.74, 6) is 1.56. The Balaban J connectivity index is 2.41. The largest absolute Gasteiger partial charge is 0.495 e. The monoisotopic (exact) mass is 327 g/mol. The third kappa shape index (κ3) is 2.61. The van der Waals surface area contributed by atoms with Crippen molar-refractivity contribution in [2.45, 2.75) is 38.6 Å². The predicted octanol–water partition coefficient (Wildman–Crippen LogP) is 4.05. The minimum atomic E-state index is -0.00726. The molecule has 4 heteroatoms. The van der Waals surface area contributed by atoms with Gasteiger partial charge in [0.2, 0.25) is 0 Å². The van der Waals surface area contributed by atoms with E-state index in [4.69, 9.17) is 15.2 Å². The van der Waals surface area contributed by atoms with Crippen LogP contribution in [0.1, 0.15) is 44.2 Å². The van der Waals surface area contributed by atoms with Gasteiger partial charge >= 0.3 is 0 Å². The third-order valence-electron chi connectivity index (χ3n) is 4.35. The maximum absolute atomic E-state index is 6.53. The molecule has 1 saturated carbocycles. The van der Waals surface area contributed by atoms with Gasteiger partial charge in [0, 0.05) is 11.6 Å². The second-order valence-electron chi connectivity index (χ2n) is 5.54. The quantitative estimate of drug-likeness (QED) is 0.907. The Morgan fingerprint density at radius 2 is 1.84 bits per heavy atom. The first-order chi connectivity index (χ1) is 9.03. The Kier molecular flexibility index (Phi) is 4.41. The summed E-state index contributed by atoms with van der Waals surface area (Å²) in [5.41, 5.74) is 7.75. The lowest BCUT2D eigenvalue weighted by Crippen LogP contribution is -2.29. The molecule has 0 aliphatic heterocycles. The maximum atomic E-state index is 6.53. The Bertz CT molecular complexity index is 456. The maximum Gasteiger partial charge on any atom is 0.141 e. The van der Waals surface area contributed by atoms with Crippen molar-refractivity contribution in [1.82, 2.24) is 0 Å². The summed E-state index contributed by atoms with van der Waals surface area (Å²) >= 11 is 3.54. The smallest absolute Gasteiger partial charge is 0.141 e. The van der Waals surface area contributed by atoms with E-state index in [-0.39, 0.29) is 11.5 Å².